The van der Waals surface area contributed by atoms with Crippen molar-refractivity contribution in [3.63, 3.8) is 0 Å². The first-order valence-corrected chi connectivity index (χ1v) is 12.7. The van der Waals surface area contributed by atoms with Gasteiger partial charge in [-0.05, 0) is 30.0 Å². The van der Waals surface area contributed by atoms with Crippen LogP contribution in [0.4, 0.5) is 10.1 Å². The number of sulfonamides is 1. The minimum Gasteiger partial charge on any atom is -0.481 e. The van der Waals surface area contributed by atoms with Gasteiger partial charge in [0.05, 0.1) is 23.7 Å². The van der Waals surface area contributed by atoms with E-state index in [0.717, 1.165) is 15.6 Å². The normalized spacial score (nSPS) is 17.6. The Morgan fingerprint density at radius 2 is 2.16 bits per heavy atom. The molecule has 0 bridgehead atoms. The van der Waals surface area contributed by atoms with E-state index in [2.05, 4.69) is 9.98 Å². The van der Waals surface area contributed by atoms with Crippen LogP contribution < -0.4 is 4.31 Å². The molecular formula is C20H20FN3O4S3. The number of benzene rings is 1. The number of thioether (sulfide) groups is 1. The SMILES string of the molecule is CCC(C(=O)O)C1CN=C(c2[nH]c3c(N(C)S(=O)(=O)c4cccs4)cccc3c2F)S1. The number of hydrogen-bond donors (Lipinski definition) is 2. The second kappa shape index (κ2) is 8.29. The summed E-state index contributed by atoms with van der Waals surface area (Å²) in [6.45, 7) is 2.09. The zero-order valence-electron chi connectivity index (χ0n) is 16.7. The molecule has 0 saturated carbocycles. The molecule has 0 fully saturated rings. The van der Waals surface area contributed by atoms with Crippen molar-refractivity contribution in [2.75, 3.05) is 17.9 Å². The molecule has 31 heavy (non-hydrogen) atoms. The summed E-state index contributed by atoms with van der Waals surface area (Å²) in [6.07, 6.45) is 0.459. The van der Waals surface area contributed by atoms with Crippen LogP contribution in [-0.4, -0.2) is 48.4 Å². The lowest BCUT2D eigenvalue weighted by molar-refractivity contribution is -0.141. The monoisotopic (exact) mass is 481 g/mol. The van der Waals surface area contributed by atoms with Gasteiger partial charge in [-0.25, -0.2) is 12.8 Å². The van der Waals surface area contributed by atoms with Gasteiger partial charge >= 0.3 is 5.97 Å². The Morgan fingerprint density at radius 3 is 2.81 bits per heavy atom. The molecule has 0 saturated heterocycles. The van der Waals surface area contributed by atoms with Crippen molar-refractivity contribution in [1.29, 1.82) is 0 Å². The largest absolute Gasteiger partial charge is 0.481 e. The first-order valence-electron chi connectivity index (χ1n) is 9.52. The van der Waals surface area contributed by atoms with E-state index in [1.165, 1.54) is 24.9 Å². The molecule has 0 amide bonds. The van der Waals surface area contributed by atoms with Gasteiger partial charge < -0.3 is 10.1 Å². The summed E-state index contributed by atoms with van der Waals surface area (Å²) < 4.78 is 42.5. The fraction of sp³-hybridized carbons (Fsp3) is 0.300. The van der Waals surface area contributed by atoms with Crippen molar-refractivity contribution in [2.24, 2.45) is 10.9 Å². The Labute approximate surface area is 187 Å². The Kier molecular flexibility index (Phi) is 5.84. The maximum absolute atomic E-state index is 15.3. The van der Waals surface area contributed by atoms with Gasteiger partial charge in [0, 0.05) is 17.7 Å². The molecule has 1 aliphatic rings. The van der Waals surface area contributed by atoms with Crippen LogP contribution in [-0.2, 0) is 14.8 Å². The van der Waals surface area contributed by atoms with E-state index in [0.29, 0.717) is 29.2 Å². The molecule has 3 heterocycles. The lowest BCUT2D eigenvalue weighted by atomic mass is 10.0. The third-order valence-corrected chi connectivity index (χ3v) is 9.78. The van der Waals surface area contributed by atoms with Gasteiger partial charge in [-0.2, -0.15) is 0 Å². The lowest BCUT2D eigenvalue weighted by Crippen LogP contribution is -2.26. The quantitative estimate of drug-likeness (QED) is 0.527. The molecule has 4 rings (SSSR count). The number of thiophene rings is 1. The number of H-pyrrole nitrogens is 1. The number of fused-ring (bicyclic) bond motifs is 1. The number of carbonyl (C=O) groups is 1. The first kappa shape index (κ1) is 21.8. The van der Waals surface area contributed by atoms with Crippen LogP contribution in [0.1, 0.15) is 19.0 Å². The molecular weight excluding hydrogens is 461 g/mol. The Morgan fingerprint density at radius 1 is 1.39 bits per heavy atom. The van der Waals surface area contributed by atoms with Gasteiger partial charge in [-0.1, -0.05) is 30.8 Å². The van der Waals surface area contributed by atoms with Crippen LogP contribution >= 0.6 is 23.1 Å². The molecule has 7 nitrogen and oxygen atoms in total. The van der Waals surface area contributed by atoms with E-state index in [-0.39, 0.29) is 20.5 Å². The summed E-state index contributed by atoms with van der Waals surface area (Å²) >= 11 is 2.35. The topological polar surface area (TPSA) is 103 Å². The van der Waals surface area contributed by atoms with E-state index in [4.69, 9.17) is 0 Å². The Balaban J connectivity index is 1.72. The van der Waals surface area contributed by atoms with Crippen molar-refractivity contribution >= 4 is 60.7 Å². The highest BCUT2D eigenvalue weighted by Crippen LogP contribution is 2.37. The van der Waals surface area contributed by atoms with E-state index in [9.17, 15) is 18.3 Å². The number of rotatable bonds is 7. The van der Waals surface area contributed by atoms with Crippen molar-refractivity contribution in [3.8, 4) is 0 Å². The molecule has 2 N–H and O–H groups in total. The standard InChI is InChI=1S/C20H20FN3O4S3/c1-3-11(20(25)26)14-10-22-19(30-14)18-16(21)12-6-4-7-13(17(12)23-18)24(2)31(27,28)15-8-5-9-29-15/h4-9,11,14,23H,3,10H2,1-2H3,(H,25,26). The number of aliphatic imine (C=N–C) groups is 1. The lowest BCUT2D eigenvalue weighted by Gasteiger charge is -2.19. The van der Waals surface area contributed by atoms with Crippen LogP contribution in [0.5, 0.6) is 0 Å². The van der Waals surface area contributed by atoms with Crippen molar-refractivity contribution < 1.29 is 22.7 Å². The van der Waals surface area contributed by atoms with Gasteiger partial charge in [0.2, 0.25) is 0 Å². The Bertz CT molecular complexity index is 1270. The maximum Gasteiger partial charge on any atom is 0.307 e. The van der Waals surface area contributed by atoms with Gasteiger partial charge in [0.25, 0.3) is 10.0 Å². The third kappa shape index (κ3) is 3.74. The van der Waals surface area contributed by atoms with E-state index < -0.39 is 27.7 Å². The molecule has 11 heteroatoms. The van der Waals surface area contributed by atoms with E-state index in [1.54, 1.807) is 36.6 Å². The van der Waals surface area contributed by atoms with Crippen LogP contribution in [0.15, 0.2) is 44.9 Å². The summed E-state index contributed by atoms with van der Waals surface area (Å²) in [5.74, 6) is -2.00. The number of halogens is 1. The molecule has 1 aliphatic heterocycles. The number of aliphatic carboxylic acids is 1. The third-order valence-electron chi connectivity index (χ3n) is 5.30. The smallest absolute Gasteiger partial charge is 0.307 e. The van der Waals surface area contributed by atoms with E-state index >= 15 is 4.39 Å². The van der Waals surface area contributed by atoms with Crippen LogP contribution in [0.2, 0.25) is 0 Å². The summed E-state index contributed by atoms with van der Waals surface area (Å²) in [5, 5.41) is 11.5. The number of aromatic amines is 1. The second-order valence-electron chi connectivity index (χ2n) is 7.07. The molecule has 0 radical (unpaired) electrons. The summed E-state index contributed by atoms with van der Waals surface area (Å²) in [6, 6.07) is 7.96. The first-order chi connectivity index (χ1) is 14.8. The molecule has 2 unspecified atom stereocenters. The van der Waals surface area contributed by atoms with Crippen molar-refractivity contribution in [1.82, 2.24) is 4.98 Å². The zero-order chi connectivity index (χ0) is 22.3. The van der Waals surface area contributed by atoms with Gasteiger partial charge in [0.15, 0.2) is 5.82 Å². The molecule has 2 atom stereocenters. The molecule has 3 aromatic rings. The number of nitrogens with zero attached hydrogens (tertiary/aromatic N) is 2. The fourth-order valence-corrected chi connectivity index (χ4v) is 7.27. The van der Waals surface area contributed by atoms with Crippen LogP contribution in [0.25, 0.3) is 10.9 Å². The van der Waals surface area contributed by atoms with Gasteiger partial charge in [-0.3, -0.25) is 14.1 Å². The minimum absolute atomic E-state index is 0.150. The van der Waals surface area contributed by atoms with Gasteiger partial charge in [0.1, 0.15) is 14.9 Å². The highest BCUT2D eigenvalue weighted by atomic mass is 32.2. The van der Waals surface area contributed by atoms with Crippen molar-refractivity contribution in [3.05, 3.63) is 47.2 Å². The number of nitrogens with one attached hydrogen (secondary N) is 1. The molecule has 0 aliphatic carbocycles. The number of carboxylic acids is 1. The number of anilines is 1. The molecule has 0 spiro atoms. The summed E-state index contributed by atoms with van der Waals surface area (Å²) in [7, 11) is -2.36. The zero-order valence-corrected chi connectivity index (χ0v) is 19.2. The predicted octanol–water partition coefficient (Wildman–Crippen LogP) is 4.17. The van der Waals surface area contributed by atoms with Crippen LogP contribution in [0.3, 0.4) is 0 Å². The summed E-state index contributed by atoms with van der Waals surface area (Å²) in [5.41, 5.74) is 0.805. The van der Waals surface area contributed by atoms with Gasteiger partial charge in [-0.15, -0.1) is 11.3 Å². The van der Waals surface area contributed by atoms with E-state index in [1.807, 2.05) is 0 Å². The van der Waals surface area contributed by atoms with Crippen LogP contribution in [0, 0.1) is 11.7 Å². The number of aromatic nitrogens is 1. The maximum atomic E-state index is 15.3. The number of para-hydroxylation sites is 1. The predicted molar refractivity (Wildman–Crippen MR) is 122 cm³/mol. The molecule has 1 aromatic carbocycles. The average Bonchev–Trinajstić information content (AvgIpc) is 3.48. The number of hydrogen-bond acceptors (Lipinski definition) is 6. The summed E-state index contributed by atoms with van der Waals surface area (Å²) in [4.78, 5) is 18.8. The number of carboxylic acid groups (broad SMARTS) is 1. The minimum atomic E-state index is -3.79. The fourth-order valence-electron chi connectivity index (χ4n) is 3.59. The average molecular weight is 482 g/mol. The highest BCUT2D eigenvalue weighted by Gasteiger charge is 2.34. The van der Waals surface area contributed by atoms with Crippen molar-refractivity contribution in [2.45, 2.75) is 22.8 Å². The molecule has 2 aromatic heterocycles. The molecule has 164 valence electrons. The second-order valence-corrected chi connectivity index (χ2v) is 11.4. The highest BCUT2D eigenvalue weighted by molar-refractivity contribution is 8.15. The Hall–Kier alpha value is -2.37.